The first-order valence-electron chi connectivity index (χ1n) is 10.7. The van der Waals surface area contributed by atoms with Crippen molar-refractivity contribution < 1.29 is 9.53 Å². The number of aromatic amines is 1. The van der Waals surface area contributed by atoms with Crippen LogP contribution in [0.15, 0.2) is 91.1 Å². The molecule has 0 unspecified atom stereocenters. The van der Waals surface area contributed by atoms with Gasteiger partial charge in [0.2, 0.25) is 0 Å². The van der Waals surface area contributed by atoms with Crippen LogP contribution in [0.5, 0.6) is 5.75 Å². The van der Waals surface area contributed by atoms with E-state index in [2.05, 4.69) is 25.8 Å². The second-order valence-electron chi connectivity index (χ2n) is 7.68. The van der Waals surface area contributed by atoms with Gasteiger partial charge < -0.3 is 15.8 Å². The molecule has 0 atom stereocenters. The number of rotatable bonds is 6. The number of H-pyrrole nitrogens is 1. The van der Waals surface area contributed by atoms with Crippen LogP contribution in [0.4, 0.5) is 22.1 Å². The second kappa shape index (κ2) is 9.33. The van der Waals surface area contributed by atoms with Gasteiger partial charge in [-0.05, 0) is 53.1 Å². The third-order valence-corrected chi connectivity index (χ3v) is 5.27. The van der Waals surface area contributed by atoms with Gasteiger partial charge in [-0.2, -0.15) is 5.10 Å². The second-order valence-corrected chi connectivity index (χ2v) is 7.68. The number of anilines is 3. The van der Waals surface area contributed by atoms with Gasteiger partial charge in [0.1, 0.15) is 18.2 Å². The minimum atomic E-state index is -0.403. The molecule has 34 heavy (non-hydrogen) atoms. The molecule has 5 N–H and O–H groups in total. The Kier molecular flexibility index (Phi) is 5.77. The molecule has 2 aromatic heterocycles. The van der Waals surface area contributed by atoms with Crippen LogP contribution in [-0.4, -0.2) is 21.2 Å². The van der Waals surface area contributed by atoms with Crippen LogP contribution in [0.2, 0.25) is 0 Å². The summed E-state index contributed by atoms with van der Waals surface area (Å²) in [6.45, 7) is 0.448. The predicted molar refractivity (Wildman–Crippen MR) is 134 cm³/mol. The van der Waals surface area contributed by atoms with Crippen LogP contribution in [0.3, 0.4) is 0 Å². The predicted octanol–water partition coefficient (Wildman–Crippen LogP) is 5.43. The number of hydrogen-bond acceptors (Lipinski definition) is 5. The number of hydrogen-bond donors (Lipinski definition) is 4. The summed E-state index contributed by atoms with van der Waals surface area (Å²) in [5.74, 6) is 1.53. The highest BCUT2D eigenvalue weighted by Crippen LogP contribution is 2.27. The Bertz CT molecular complexity index is 1450. The van der Waals surface area contributed by atoms with Crippen molar-refractivity contribution in [1.82, 2.24) is 15.2 Å². The largest absolute Gasteiger partial charge is 0.489 e. The fourth-order valence-electron chi connectivity index (χ4n) is 3.58. The first-order chi connectivity index (χ1) is 16.6. The lowest BCUT2D eigenvalue weighted by Gasteiger charge is -2.11. The Morgan fingerprint density at radius 1 is 0.912 bits per heavy atom. The van der Waals surface area contributed by atoms with Crippen LogP contribution < -0.4 is 21.1 Å². The standard InChI is InChI=1S/C26H22N6O2/c27-25-22-13-18(9-10-23(22)31-32-25)19-11-12-28-24(14-19)30-26(33)29-20-7-4-8-21(15-20)34-16-17-5-2-1-3-6-17/h1-15H,16H2,(H3,27,31,32)(H2,28,29,30,33). The Labute approximate surface area is 195 Å². The highest BCUT2D eigenvalue weighted by molar-refractivity contribution is 5.99. The first-order valence-corrected chi connectivity index (χ1v) is 10.7. The lowest BCUT2D eigenvalue weighted by atomic mass is 10.0. The highest BCUT2D eigenvalue weighted by atomic mass is 16.5. The molecule has 2 amide bonds. The average molecular weight is 451 g/mol. The maximum absolute atomic E-state index is 12.6. The maximum Gasteiger partial charge on any atom is 0.324 e. The Morgan fingerprint density at radius 3 is 2.65 bits per heavy atom. The van der Waals surface area contributed by atoms with Crippen LogP contribution in [0.25, 0.3) is 22.0 Å². The number of ether oxygens (including phenoxy) is 1. The Balaban J connectivity index is 1.24. The van der Waals surface area contributed by atoms with Crippen molar-refractivity contribution in [3.63, 3.8) is 0 Å². The number of amides is 2. The van der Waals surface area contributed by atoms with Gasteiger partial charge in [0.25, 0.3) is 0 Å². The monoisotopic (exact) mass is 450 g/mol. The number of pyridine rings is 1. The summed E-state index contributed by atoms with van der Waals surface area (Å²) < 4.78 is 5.83. The number of nitrogens with one attached hydrogen (secondary N) is 3. The zero-order valence-corrected chi connectivity index (χ0v) is 18.2. The van der Waals surface area contributed by atoms with Gasteiger partial charge in [-0.1, -0.05) is 42.5 Å². The highest BCUT2D eigenvalue weighted by Gasteiger charge is 2.09. The normalized spacial score (nSPS) is 10.7. The van der Waals surface area contributed by atoms with E-state index in [1.54, 1.807) is 24.4 Å². The summed E-state index contributed by atoms with van der Waals surface area (Å²) in [6.07, 6.45) is 1.64. The molecule has 0 saturated heterocycles. The summed E-state index contributed by atoms with van der Waals surface area (Å²) in [6, 6.07) is 26.2. The van der Waals surface area contributed by atoms with Gasteiger partial charge in [0, 0.05) is 23.3 Å². The van der Waals surface area contributed by atoms with Crippen molar-refractivity contribution in [3.05, 3.63) is 96.7 Å². The van der Waals surface area contributed by atoms with E-state index in [9.17, 15) is 4.79 Å². The third-order valence-electron chi connectivity index (χ3n) is 5.27. The van der Waals surface area contributed by atoms with E-state index in [-0.39, 0.29) is 0 Å². The number of nitrogens with zero attached hydrogens (tertiary/aromatic N) is 2. The van der Waals surface area contributed by atoms with Crippen molar-refractivity contribution in [3.8, 4) is 16.9 Å². The van der Waals surface area contributed by atoms with Crippen molar-refractivity contribution in [2.75, 3.05) is 16.4 Å². The molecule has 5 rings (SSSR count). The zero-order valence-electron chi connectivity index (χ0n) is 18.2. The molecule has 0 bridgehead atoms. The molecule has 0 saturated carbocycles. The molecule has 0 fully saturated rings. The quantitative estimate of drug-likeness (QED) is 0.275. The molecule has 2 heterocycles. The fourth-order valence-corrected chi connectivity index (χ4v) is 3.58. The average Bonchev–Trinajstić information content (AvgIpc) is 3.24. The van der Waals surface area contributed by atoms with E-state index >= 15 is 0 Å². The zero-order chi connectivity index (χ0) is 23.3. The molecule has 0 spiro atoms. The number of carbonyl (C=O) groups is 1. The summed E-state index contributed by atoms with van der Waals surface area (Å²) >= 11 is 0. The minimum Gasteiger partial charge on any atom is -0.489 e. The molecule has 0 aliphatic rings. The maximum atomic E-state index is 12.6. The van der Waals surface area contributed by atoms with Crippen LogP contribution >= 0.6 is 0 Å². The topological polar surface area (TPSA) is 118 Å². The summed E-state index contributed by atoms with van der Waals surface area (Å²) in [7, 11) is 0. The first kappa shape index (κ1) is 21.0. The van der Waals surface area contributed by atoms with Crippen molar-refractivity contribution in [2.45, 2.75) is 6.61 Å². The number of benzene rings is 3. The lowest BCUT2D eigenvalue weighted by Crippen LogP contribution is -2.20. The number of urea groups is 1. The lowest BCUT2D eigenvalue weighted by molar-refractivity contribution is 0.262. The van der Waals surface area contributed by atoms with Crippen LogP contribution in [-0.2, 0) is 6.61 Å². The van der Waals surface area contributed by atoms with E-state index < -0.39 is 6.03 Å². The van der Waals surface area contributed by atoms with Gasteiger partial charge in [-0.25, -0.2) is 9.78 Å². The van der Waals surface area contributed by atoms with Gasteiger partial charge in [0.05, 0.1) is 5.52 Å². The van der Waals surface area contributed by atoms with Crippen LogP contribution in [0.1, 0.15) is 5.56 Å². The molecule has 0 radical (unpaired) electrons. The van der Waals surface area contributed by atoms with Gasteiger partial charge in [0.15, 0.2) is 5.82 Å². The molecule has 3 aromatic carbocycles. The van der Waals surface area contributed by atoms with Gasteiger partial charge in [-0.3, -0.25) is 10.4 Å². The van der Waals surface area contributed by atoms with Crippen molar-refractivity contribution in [2.24, 2.45) is 0 Å². The molecular weight excluding hydrogens is 428 g/mol. The molecule has 0 aliphatic carbocycles. The van der Waals surface area contributed by atoms with Crippen molar-refractivity contribution >= 4 is 34.3 Å². The fraction of sp³-hybridized carbons (Fsp3) is 0.0385. The SMILES string of the molecule is Nc1n[nH]c2ccc(-c3ccnc(NC(=O)Nc4cccc(OCc5ccccc5)c4)c3)cc12. The third kappa shape index (κ3) is 4.81. The molecule has 0 aliphatic heterocycles. The number of nitrogens with two attached hydrogens (primary N) is 1. The van der Waals surface area contributed by atoms with E-state index in [1.165, 1.54) is 0 Å². The molecule has 8 heteroatoms. The van der Waals surface area contributed by atoms with E-state index in [1.807, 2.05) is 66.7 Å². The number of carbonyl (C=O) groups excluding carboxylic acids is 1. The van der Waals surface area contributed by atoms with Gasteiger partial charge >= 0.3 is 6.03 Å². The van der Waals surface area contributed by atoms with E-state index in [0.29, 0.717) is 29.7 Å². The molecule has 8 nitrogen and oxygen atoms in total. The summed E-state index contributed by atoms with van der Waals surface area (Å²) in [4.78, 5) is 16.8. The van der Waals surface area contributed by atoms with E-state index in [4.69, 9.17) is 10.5 Å². The van der Waals surface area contributed by atoms with Crippen molar-refractivity contribution in [1.29, 1.82) is 0 Å². The number of nitrogen functional groups attached to an aromatic ring is 1. The Hall–Kier alpha value is -4.85. The minimum absolute atomic E-state index is 0.403. The molecule has 5 aromatic rings. The van der Waals surface area contributed by atoms with Crippen LogP contribution in [0, 0.1) is 0 Å². The Morgan fingerprint density at radius 2 is 1.76 bits per heavy atom. The summed E-state index contributed by atoms with van der Waals surface area (Å²) in [5.41, 5.74) is 10.3. The number of fused-ring (bicyclic) bond motifs is 1. The number of aromatic nitrogens is 3. The van der Waals surface area contributed by atoms with E-state index in [0.717, 1.165) is 27.6 Å². The summed E-state index contributed by atoms with van der Waals surface area (Å²) in [5, 5.41) is 13.3. The van der Waals surface area contributed by atoms with Gasteiger partial charge in [-0.15, -0.1) is 0 Å². The smallest absolute Gasteiger partial charge is 0.324 e. The molecule has 168 valence electrons. The molecular formula is C26H22N6O2.